The number of hydrogen-bond acceptors (Lipinski definition) is 4. The van der Waals surface area contributed by atoms with Crippen LogP contribution in [0.4, 0.5) is 0 Å². The van der Waals surface area contributed by atoms with Crippen molar-refractivity contribution in [1.82, 2.24) is 5.32 Å². The molecule has 1 atom stereocenters. The molecule has 17 heavy (non-hydrogen) atoms. The first-order valence-electron chi connectivity index (χ1n) is 6.37. The van der Waals surface area contributed by atoms with E-state index in [0.717, 1.165) is 38.8 Å². The summed E-state index contributed by atoms with van der Waals surface area (Å²) < 4.78 is 5.67. The van der Waals surface area contributed by atoms with Gasteiger partial charge in [-0.15, -0.1) is 0 Å². The molecule has 1 heterocycles. The fraction of sp³-hybridized carbons (Fsp3) is 0.917. The van der Waals surface area contributed by atoms with Crippen LogP contribution in [0.5, 0.6) is 0 Å². The first-order valence-corrected chi connectivity index (χ1v) is 6.37. The van der Waals surface area contributed by atoms with Crippen LogP contribution in [0.3, 0.4) is 0 Å². The molecule has 0 spiro atoms. The van der Waals surface area contributed by atoms with E-state index in [-0.39, 0.29) is 5.60 Å². The largest absolute Gasteiger partial charge is 0.409 e. The second-order valence-electron chi connectivity index (χ2n) is 5.30. The third kappa shape index (κ3) is 5.89. The van der Waals surface area contributed by atoms with Crippen LogP contribution < -0.4 is 11.1 Å². The molecule has 0 saturated carbocycles. The highest BCUT2D eigenvalue weighted by atomic mass is 16.5. The fourth-order valence-corrected chi connectivity index (χ4v) is 2.19. The van der Waals surface area contributed by atoms with E-state index in [1.165, 1.54) is 0 Å². The van der Waals surface area contributed by atoms with Gasteiger partial charge in [0.25, 0.3) is 0 Å². The van der Waals surface area contributed by atoms with Crippen molar-refractivity contribution in [2.75, 3.05) is 13.2 Å². The van der Waals surface area contributed by atoms with Gasteiger partial charge in [0.15, 0.2) is 0 Å². The maximum Gasteiger partial charge on any atom is 0.139 e. The molecule has 5 nitrogen and oxygen atoms in total. The van der Waals surface area contributed by atoms with Gasteiger partial charge < -0.3 is 21.0 Å². The average Bonchev–Trinajstić information content (AvgIpc) is 2.27. The van der Waals surface area contributed by atoms with Gasteiger partial charge in [-0.3, -0.25) is 0 Å². The number of unbranched alkanes of at least 4 members (excludes halogenated alkanes) is 1. The van der Waals surface area contributed by atoms with Crippen molar-refractivity contribution >= 4 is 5.84 Å². The molecule has 5 heteroatoms. The van der Waals surface area contributed by atoms with E-state index >= 15 is 0 Å². The lowest BCUT2D eigenvalue weighted by molar-refractivity contribution is -0.0627. The summed E-state index contributed by atoms with van der Waals surface area (Å²) in [6, 6.07) is 0.558. The Bertz CT molecular complexity index is 254. The van der Waals surface area contributed by atoms with Gasteiger partial charge in [-0.05, 0) is 46.1 Å². The standard InChI is InChI=1S/C12H25N3O2/c1-12(2)9-10(6-8-17-12)14-7-4-3-5-11(13)15-16/h10,14,16H,3-9H2,1-2H3,(H2,13,15). The molecule has 1 fully saturated rings. The molecular formula is C12H25N3O2. The van der Waals surface area contributed by atoms with Crippen molar-refractivity contribution in [2.45, 2.75) is 57.6 Å². The summed E-state index contributed by atoms with van der Waals surface area (Å²) in [5.41, 5.74) is 5.40. The van der Waals surface area contributed by atoms with Crippen molar-refractivity contribution in [3.05, 3.63) is 0 Å². The van der Waals surface area contributed by atoms with Crippen LogP contribution in [0.1, 0.15) is 46.0 Å². The maximum atomic E-state index is 8.39. The topological polar surface area (TPSA) is 79.9 Å². The quantitative estimate of drug-likeness (QED) is 0.217. The molecule has 0 amide bonds. The third-order valence-corrected chi connectivity index (χ3v) is 3.12. The number of nitrogens with one attached hydrogen (secondary N) is 1. The normalized spacial score (nSPS) is 24.8. The summed E-state index contributed by atoms with van der Waals surface area (Å²) >= 11 is 0. The van der Waals surface area contributed by atoms with E-state index < -0.39 is 0 Å². The van der Waals surface area contributed by atoms with Crippen molar-refractivity contribution in [3.8, 4) is 0 Å². The number of hydrogen-bond donors (Lipinski definition) is 3. The second-order valence-corrected chi connectivity index (χ2v) is 5.30. The van der Waals surface area contributed by atoms with E-state index in [4.69, 9.17) is 15.7 Å². The number of amidine groups is 1. The molecule has 1 saturated heterocycles. The summed E-state index contributed by atoms with van der Waals surface area (Å²) in [4.78, 5) is 0. The molecule has 0 aromatic rings. The van der Waals surface area contributed by atoms with Gasteiger partial charge in [-0.2, -0.15) is 0 Å². The van der Waals surface area contributed by atoms with Gasteiger partial charge in [0.1, 0.15) is 5.84 Å². The van der Waals surface area contributed by atoms with Gasteiger partial charge >= 0.3 is 0 Å². The van der Waals surface area contributed by atoms with Crippen LogP contribution in [0.2, 0.25) is 0 Å². The predicted octanol–water partition coefficient (Wildman–Crippen LogP) is 1.45. The van der Waals surface area contributed by atoms with Crippen LogP contribution in [-0.2, 0) is 4.74 Å². The molecule has 0 aromatic heterocycles. The zero-order chi connectivity index (χ0) is 12.7. The minimum Gasteiger partial charge on any atom is -0.409 e. The molecule has 1 aliphatic rings. The highest BCUT2D eigenvalue weighted by molar-refractivity contribution is 5.79. The zero-order valence-electron chi connectivity index (χ0n) is 10.9. The minimum atomic E-state index is 0.00386. The lowest BCUT2D eigenvalue weighted by Crippen LogP contribution is -2.43. The molecule has 100 valence electrons. The average molecular weight is 243 g/mol. The molecule has 4 N–H and O–H groups in total. The lowest BCUT2D eigenvalue weighted by atomic mass is 9.94. The van der Waals surface area contributed by atoms with E-state index in [2.05, 4.69) is 24.3 Å². The number of oxime groups is 1. The van der Waals surface area contributed by atoms with E-state index in [9.17, 15) is 0 Å². The number of ether oxygens (including phenoxy) is 1. The molecule has 0 aliphatic carbocycles. The summed E-state index contributed by atoms with van der Waals surface area (Å²) in [6.45, 7) is 6.10. The van der Waals surface area contributed by atoms with E-state index in [0.29, 0.717) is 18.3 Å². The summed E-state index contributed by atoms with van der Waals surface area (Å²) in [6.07, 6.45) is 4.82. The number of nitrogens with two attached hydrogens (primary N) is 1. The fourth-order valence-electron chi connectivity index (χ4n) is 2.19. The first-order chi connectivity index (χ1) is 8.03. The Morgan fingerprint density at radius 3 is 2.94 bits per heavy atom. The monoisotopic (exact) mass is 243 g/mol. The molecule has 0 radical (unpaired) electrons. The summed E-state index contributed by atoms with van der Waals surface area (Å²) in [5, 5.41) is 14.9. The smallest absolute Gasteiger partial charge is 0.139 e. The SMILES string of the molecule is CC1(C)CC(NCCCCC(N)=NO)CCO1. The highest BCUT2D eigenvalue weighted by Gasteiger charge is 2.28. The molecule has 0 aromatic carbocycles. The van der Waals surface area contributed by atoms with Crippen LogP contribution in [0, 0.1) is 0 Å². The first kappa shape index (κ1) is 14.3. The second kappa shape index (κ2) is 6.81. The Morgan fingerprint density at radius 1 is 1.53 bits per heavy atom. The minimum absolute atomic E-state index is 0.00386. The third-order valence-electron chi connectivity index (χ3n) is 3.12. The van der Waals surface area contributed by atoms with Crippen molar-refractivity contribution < 1.29 is 9.94 Å². The molecule has 1 unspecified atom stereocenters. The Hall–Kier alpha value is -0.810. The molecule has 0 bridgehead atoms. The lowest BCUT2D eigenvalue weighted by Gasteiger charge is -2.36. The van der Waals surface area contributed by atoms with Gasteiger partial charge in [-0.25, -0.2) is 0 Å². The van der Waals surface area contributed by atoms with Crippen molar-refractivity contribution in [2.24, 2.45) is 10.9 Å². The summed E-state index contributed by atoms with van der Waals surface area (Å²) in [7, 11) is 0. The summed E-state index contributed by atoms with van der Waals surface area (Å²) in [5.74, 6) is 0.317. The van der Waals surface area contributed by atoms with Crippen LogP contribution in [-0.4, -0.2) is 35.8 Å². The molecule has 1 aliphatic heterocycles. The Balaban J connectivity index is 2.06. The zero-order valence-corrected chi connectivity index (χ0v) is 10.9. The van der Waals surface area contributed by atoms with Crippen LogP contribution in [0.25, 0.3) is 0 Å². The van der Waals surface area contributed by atoms with Gasteiger partial charge in [0.05, 0.1) is 5.60 Å². The number of nitrogens with zero attached hydrogens (tertiary/aromatic N) is 1. The van der Waals surface area contributed by atoms with Gasteiger partial charge in [0, 0.05) is 19.1 Å². The molecule has 1 rings (SSSR count). The van der Waals surface area contributed by atoms with Crippen LogP contribution >= 0.6 is 0 Å². The van der Waals surface area contributed by atoms with E-state index in [1.54, 1.807) is 0 Å². The highest BCUT2D eigenvalue weighted by Crippen LogP contribution is 2.23. The Kier molecular flexibility index (Phi) is 5.71. The Morgan fingerprint density at radius 2 is 2.29 bits per heavy atom. The van der Waals surface area contributed by atoms with Crippen molar-refractivity contribution in [3.63, 3.8) is 0 Å². The van der Waals surface area contributed by atoms with Crippen molar-refractivity contribution in [1.29, 1.82) is 0 Å². The maximum absolute atomic E-state index is 8.39. The van der Waals surface area contributed by atoms with Gasteiger partial charge in [-0.1, -0.05) is 5.16 Å². The van der Waals surface area contributed by atoms with Gasteiger partial charge in [0.2, 0.25) is 0 Å². The van der Waals surface area contributed by atoms with E-state index in [1.807, 2.05) is 0 Å². The van der Waals surface area contributed by atoms with Crippen LogP contribution in [0.15, 0.2) is 5.16 Å². The Labute approximate surface area is 103 Å². The predicted molar refractivity (Wildman–Crippen MR) is 68.3 cm³/mol. The molecular weight excluding hydrogens is 218 g/mol. The number of rotatable bonds is 6.